The van der Waals surface area contributed by atoms with E-state index >= 15 is 0 Å². The number of aliphatic imine (C=N–C) groups is 1. The minimum Gasteiger partial charge on any atom is -0.404 e. The van der Waals surface area contributed by atoms with Gasteiger partial charge in [0.25, 0.3) is 0 Å². The molecule has 9 nitrogen and oxygen atoms in total. The van der Waals surface area contributed by atoms with Crippen LogP contribution < -0.4 is 16.0 Å². The van der Waals surface area contributed by atoms with Crippen LogP contribution in [0.25, 0.3) is 0 Å². The summed E-state index contributed by atoms with van der Waals surface area (Å²) in [6.45, 7) is 0.938. The Hall–Kier alpha value is -4.07. The molecule has 1 aromatic heterocycles. The van der Waals surface area contributed by atoms with Crippen molar-refractivity contribution in [3.8, 4) is 11.8 Å². The van der Waals surface area contributed by atoms with Crippen molar-refractivity contribution in [3.05, 3.63) is 70.9 Å². The standard InChI is InChI=1S/C28H30FN5O4/c1-34-24-16-19(8-9-28(37)10-13-38-14-11-28)4-5-21(24)6-7-23(26(34)35)33-27(36)32-18-20(17-30)15-22-3-2-12-31-25(22)29/h2-5,12,16-18,23,37H,6-7,10-11,13-15,30H2,1H3,(H,33,36). The molecule has 10 heteroatoms. The zero-order valence-corrected chi connectivity index (χ0v) is 21.1. The molecule has 4 N–H and O–H groups in total. The summed E-state index contributed by atoms with van der Waals surface area (Å²) < 4.78 is 19.1. The number of amides is 3. The van der Waals surface area contributed by atoms with E-state index in [9.17, 15) is 19.1 Å². The molecule has 38 heavy (non-hydrogen) atoms. The summed E-state index contributed by atoms with van der Waals surface area (Å²) in [5.41, 5.74) is 7.61. The van der Waals surface area contributed by atoms with Crippen LogP contribution >= 0.6 is 0 Å². The van der Waals surface area contributed by atoms with Crippen molar-refractivity contribution in [2.24, 2.45) is 10.7 Å². The quantitative estimate of drug-likeness (QED) is 0.323. The number of rotatable bonds is 4. The minimum atomic E-state index is -1.08. The van der Waals surface area contributed by atoms with Crippen LogP contribution in [0.3, 0.4) is 0 Å². The number of allylic oxidation sites excluding steroid dienone is 1. The Morgan fingerprint density at radius 3 is 2.92 bits per heavy atom. The van der Waals surface area contributed by atoms with Crippen LogP contribution in [0.1, 0.15) is 36.0 Å². The lowest BCUT2D eigenvalue weighted by Crippen LogP contribution is -2.46. The third-order valence-corrected chi connectivity index (χ3v) is 6.63. The predicted molar refractivity (Wildman–Crippen MR) is 141 cm³/mol. The molecule has 1 saturated heterocycles. The second kappa shape index (κ2) is 12.0. The summed E-state index contributed by atoms with van der Waals surface area (Å²) in [6, 6.07) is 7.29. The molecule has 0 spiro atoms. The molecule has 0 aliphatic carbocycles. The number of hydrogen-bond acceptors (Lipinski definition) is 6. The molecule has 198 valence electrons. The van der Waals surface area contributed by atoms with Crippen molar-refractivity contribution in [2.45, 2.75) is 43.7 Å². The summed E-state index contributed by atoms with van der Waals surface area (Å²) in [7, 11) is 1.65. The highest BCUT2D eigenvalue weighted by molar-refractivity contribution is 6.01. The number of halogens is 1. The van der Waals surface area contributed by atoms with E-state index in [1.165, 1.54) is 23.5 Å². The fourth-order valence-electron chi connectivity index (χ4n) is 4.34. The number of nitrogens with one attached hydrogen (secondary N) is 1. The highest BCUT2D eigenvalue weighted by Gasteiger charge is 2.30. The van der Waals surface area contributed by atoms with Gasteiger partial charge in [0.15, 0.2) is 0 Å². The van der Waals surface area contributed by atoms with Gasteiger partial charge in [0.2, 0.25) is 11.9 Å². The van der Waals surface area contributed by atoms with Gasteiger partial charge in [-0.05, 0) is 48.4 Å². The maximum Gasteiger partial charge on any atom is 0.341 e. The number of nitrogens with zero attached hydrogens (tertiary/aromatic N) is 3. The van der Waals surface area contributed by atoms with E-state index < -0.39 is 23.6 Å². The van der Waals surface area contributed by atoms with Crippen molar-refractivity contribution in [1.82, 2.24) is 10.3 Å². The topological polar surface area (TPSA) is 130 Å². The maximum absolute atomic E-state index is 13.8. The van der Waals surface area contributed by atoms with Gasteiger partial charge >= 0.3 is 6.03 Å². The molecule has 0 bridgehead atoms. The number of aryl methyl sites for hydroxylation is 1. The van der Waals surface area contributed by atoms with Crippen LogP contribution in [0.5, 0.6) is 0 Å². The van der Waals surface area contributed by atoms with Gasteiger partial charge in [-0.15, -0.1) is 0 Å². The fraction of sp³-hybridized carbons (Fsp3) is 0.357. The summed E-state index contributed by atoms with van der Waals surface area (Å²) in [6.07, 6.45) is 5.81. The Morgan fingerprint density at radius 1 is 1.39 bits per heavy atom. The van der Waals surface area contributed by atoms with E-state index in [-0.39, 0.29) is 12.3 Å². The maximum atomic E-state index is 13.8. The number of carbonyl (C=O) groups is 2. The van der Waals surface area contributed by atoms with Gasteiger partial charge in [0.05, 0.1) is 13.2 Å². The number of carbonyl (C=O) groups excluding carboxylic acids is 2. The number of hydrogen-bond donors (Lipinski definition) is 3. The average molecular weight is 520 g/mol. The Labute approximate surface area is 220 Å². The van der Waals surface area contributed by atoms with Crippen LogP contribution in [0.15, 0.2) is 53.3 Å². The van der Waals surface area contributed by atoms with Crippen LogP contribution in [0, 0.1) is 17.8 Å². The number of aromatic nitrogens is 1. The zero-order chi connectivity index (χ0) is 27.1. The molecule has 0 radical (unpaired) electrons. The Kier molecular flexibility index (Phi) is 8.51. The van der Waals surface area contributed by atoms with Crippen LogP contribution in [-0.4, -0.2) is 60.1 Å². The first-order chi connectivity index (χ1) is 18.3. The number of nitrogens with two attached hydrogens (primary N) is 1. The van der Waals surface area contributed by atoms with E-state index in [2.05, 4.69) is 27.1 Å². The Morgan fingerprint density at radius 2 is 2.18 bits per heavy atom. The minimum absolute atomic E-state index is 0.115. The monoisotopic (exact) mass is 519 g/mol. The summed E-state index contributed by atoms with van der Waals surface area (Å²) in [5, 5.41) is 13.3. The molecule has 3 amide bonds. The summed E-state index contributed by atoms with van der Waals surface area (Å²) in [4.78, 5) is 34.7. The number of fused-ring (bicyclic) bond motifs is 1. The highest BCUT2D eigenvalue weighted by atomic mass is 19.1. The lowest BCUT2D eigenvalue weighted by atomic mass is 9.94. The van der Waals surface area contributed by atoms with E-state index in [1.54, 1.807) is 19.2 Å². The molecule has 4 rings (SSSR count). The van der Waals surface area contributed by atoms with E-state index in [0.717, 1.165) is 5.56 Å². The third-order valence-electron chi connectivity index (χ3n) is 6.63. The lowest BCUT2D eigenvalue weighted by molar-refractivity contribution is -0.120. The molecule has 1 fully saturated rings. The summed E-state index contributed by atoms with van der Waals surface area (Å²) >= 11 is 0. The Bertz CT molecular complexity index is 1320. The van der Waals surface area contributed by atoms with Crippen molar-refractivity contribution >= 4 is 23.8 Å². The first kappa shape index (κ1) is 27.0. The van der Waals surface area contributed by atoms with Gasteiger partial charge in [0, 0.05) is 55.5 Å². The van der Waals surface area contributed by atoms with Crippen LogP contribution in [0.4, 0.5) is 14.9 Å². The number of ether oxygens (including phenoxy) is 1. The Balaban J connectivity index is 1.41. The van der Waals surface area contributed by atoms with E-state index in [4.69, 9.17) is 10.5 Å². The smallest absolute Gasteiger partial charge is 0.341 e. The van der Waals surface area contributed by atoms with Gasteiger partial charge in [-0.25, -0.2) is 14.8 Å². The molecule has 1 aromatic carbocycles. The molecule has 2 aromatic rings. The molecule has 3 heterocycles. The number of benzene rings is 1. The largest absolute Gasteiger partial charge is 0.404 e. The molecule has 2 aliphatic heterocycles. The van der Waals surface area contributed by atoms with Crippen molar-refractivity contribution in [2.75, 3.05) is 25.2 Å². The van der Waals surface area contributed by atoms with Gasteiger partial charge in [-0.2, -0.15) is 4.39 Å². The molecule has 1 unspecified atom stereocenters. The highest BCUT2D eigenvalue weighted by Crippen LogP contribution is 2.28. The molecule has 0 saturated carbocycles. The molecule has 1 atom stereocenters. The lowest BCUT2D eigenvalue weighted by Gasteiger charge is -2.26. The SMILES string of the molecule is CN1C(=O)C(NC(=O)N=CC(=CN)Cc2cccnc2F)CCc2ccc(C#CC3(O)CCOCC3)cc21. The van der Waals surface area contributed by atoms with Crippen molar-refractivity contribution < 1.29 is 23.8 Å². The van der Waals surface area contributed by atoms with Gasteiger partial charge in [0.1, 0.15) is 11.6 Å². The normalized spacial score (nSPS) is 19.3. The van der Waals surface area contributed by atoms with Gasteiger partial charge < -0.3 is 25.8 Å². The molecule has 2 aliphatic rings. The second-order valence-corrected chi connectivity index (χ2v) is 9.31. The first-order valence-electron chi connectivity index (χ1n) is 12.4. The number of likely N-dealkylation sites (N-methyl/N-ethyl adjacent to an activating group) is 1. The van der Waals surface area contributed by atoms with E-state index in [0.29, 0.717) is 61.3 Å². The van der Waals surface area contributed by atoms with Gasteiger partial charge in [-0.1, -0.05) is 24.0 Å². The predicted octanol–water partition coefficient (Wildman–Crippen LogP) is 2.26. The molecular weight excluding hydrogens is 489 g/mol. The zero-order valence-electron chi connectivity index (χ0n) is 21.1. The number of pyridine rings is 1. The summed E-state index contributed by atoms with van der Waals surface area (Å²) in [5.74, 6) is 5.08. The van der Waals surface area contributed by atoms with Crippen LogP contribution in [-0.2, 0) is 22.4 Å². The third kappa shape index (κ3) is 6.62. The second-order valence-electron chi connectivity index (χ2n) is 9.31. The van der Waals surface area contributed by atoms with Crippen molar-refractivity contribution in [1.29, 1.82) is 0 Å². The average Bonchev–Trinajstić information content (AvgIpc) is 3.03. The fourth-order valence-corrected chi connectivity index (χ4v) is 4.34. The number of aliphatic hydroxyl groups is 1. The molecular formula is C28H30FN5O4. The van der Waals surface area contributed by atoms with E-state index in [1.807, 2.05) is 18.2 Å². The van der Waals surface area contributed by atoms with Crippen LogP contribution in [0.2, 0.25) is 0 Å². The number of anilines is 1. The number of urea groups is 1. The first-order valence-corrected chi connectivity index (χ1v) is 12.4. The van der Waals surface area contributed by atoms with Crippen molar-refractivity contribution in [3.63, 3.8) is 0 Å². The van der Waals surface area contributed by atoms with Gasteiger partial charge in [-0.3, -0.25) is 4.79 Å².